The van der Waals surface area contributed by atoms with Gasteiger partial charge in [0.05, 0.1) is 10.6 Å². The highest BCUT2D eigenvalue weighted by atomic mass is 32.2. The predicted octanol–water partition coefficient (Wildman–Crippen LogP) is 2.52. The highest BCUT2D eigenvalue weighted by Crippen LogP contribution is 2.31. The van der Waals surface area contributed by atoms with Gasteiger partial charge in [-0.1, -0.05) is 24.1 Å². The zero-order chi connectivity index (χ0) is 21.4. The summed E-state index contributed by atoms with van der Waals surface area (Å²) in [7, 11) is -0.209. The summed E-state index contributed by atoms with van der Waals surface area (Å²) < 4.78 is 31.3. The molecule has 0 fully saturated rings. The number of hydrogen-bond donors (Lipinski definition) is 1. The first-order valence-electron chi connectivity index (χ1n) is 8.84. The van der Waals surface area contributed by atoms with Crippen molar-refractivity contribution in [2.45, 2.75) is 17.9 Å². The number of para-hydroxylation sites is 1. The van der Waals surface area contributed by atoms with Crippen LogP contribution in [0.15, 0.2) is 53.4 Å². The maximum absolute atomic E-state index is 13.0. The molecule has 0 heterocycles. The normalized spacial score (nSPS) is 11.7. The van der Waals surface area contributed by atoms with Crippen molar-refractivity contribution in [1.29, 1.82) is 0 Å². The third-order valence-electron chi connectivity index (χ3n) is 4.25. The van der Waals surface area contributed by atoms with E-state index in [4.69, 9.17) is 4.74 Å². The average molecular weight is 416 g/mol. The molecule has 0 saturated heterocycles. The lowest BCUT2D eigenvalue weighted by Gasteiger charge is -2.27. The smallest absolute Gasteiger partial charge is 0.233 e. The van der Waals surface area contributed by atoms with E-state index in [1.807, 2.05) is 0 Å². The monoisotopic (exact) mass is 416 g/mol. The summed E-state index contributed by atoms with van der Waals surface area (Å²) in [5.41, 5.74) is 1.23. The van der Waals surface area contributed by atoms with Crippen molar-refractivity contribution < 1.29 is 23.2 Å². The van der Waals surface area contributed by atoms with Gasteiger partial charge in [0.1, 0.15) is 18.4 Å². The quantitative estimate of drug-likeness (QED) is 0.293. The maximum Gasteiger partial charge on any atom is 0.233 e. The van der Waals surface area contributed by atoms with E-state index in [-0.39, 0.29) is 17.9 Å². The maximum atomic E-state index is 13.0. The van der Waals surface area contributed by atoms with Gasteiger partial charge in [0.15, 0.2) is 9.84 Å². The molecular weight excluding hydrogens is 392 g/mol. The average Bonchev–Trinajstić information content (AvgIpc) is 2.72. The fourth-order valence-electron chi connectivity index (χ4n) is 2.80. The Morgan fingerprint density at radius 2 is 1.79 bits per heavy atom. The summed E-state index contributed by atoms with van der Waals surface area (Å²) in [6, 6.07) is 11.9. The number of sulfone groups is 1. The minimum absolute atomic E-state index is 0.0676. The lowest BCUT2D eigenvalue weighted by Crippen LogP contribution is -2.31. The van der Waals surface area contributed by atoms with Gasteiger partial charge in [-0.05, 0) is 37.3 Å². The molecule has 0 aliphatic carbocycles. The van der Waals surface area contributed by atoms with Crippen molar-refractivity contribution in [3.8, 4) is 17.6 Å². The number of hydroxylamine groups is 2. The first-order valence-corrected chi connectivity index (χ1v) is 10.5. The van der Waals surface area contributed by atoms with Crippen LogP contribution in [-0.2, 0) is 14.6 Å². The molecule has 0 saturated carbocycles. The molecule has 0 aromatic heterocycles. The number of anilines is 1. The van der Waals surface area contributed by atoms with Crippen LogP contribution in [0.1, 0.15) is 18.5 Å². The third-order valence-corrected chi connectivity index (χ3v) is 6.00. The molecule has 2 rings (SSSR count). The van der Waals surface area contributed by atoms with E-state index in [2.05, 4.69) is 11.8 Å². The number of rotatable bonds is 9. The Hall–Kier alpha value is -3.02. The van der Waals surface area contributed by atoms with Crippen molar-refractivity contribution in [2.75, 3.05) is 31.4 Å². The highest BCUT2D eigenvalue weighted by molar-refractivity contribution is 7.91. The predicted molar refractivity (Wildman–Crippen MR) is 111 cm³/mol. The minimum Gasteiger partial charge on any atom is -0.481 e. The van der Waals surface area contributed by atoms with Gasteiger partial charge in [0, 0.05) is 25.3 Å². The molecule has 1 amide bonds. The molecule has 154 valence electrons. The largest absolute Gasteiger partial charge is 0.481 e. The molecular formula is C21H24N2O5S. The summed E-state index contributed by atoms with van der Waals surface area (Å²) in [4.78, 5) is 13.1. The molecule has 0 aliphatic heterocycles. The van der Waals surface area contributed by atoms with Crippen molar-refractivity contribution in [3.05, 3.63) is 54.1 Å². The van der Waals surface area contributed by atoms with Crippen LogP contribution in [-0.4, -0.2) is 51.6 Å². The summed E-state index contributed by atoms with van der Waals surface area (Å²) in [5, 5.41) is 10.5. The Bertz CT molecular complexity index is 992. The first-order chi connectivity index (χ1) is 13.8. The summed E-state index contributed by atoms with van der Waals surface area (Å²) in [5.74, 6) is 5.49. The zero-order valence-corrected chi connectivity index (χ0v) is 17.4. The van der Waals surface area contributed by atoms with Crippen molar-refractivity contribution in [3.63, 3.8) is 0 Å². The topological polar surface area (TPSA) is 87.2 Å². The number of amides is 1. The second kappa shape index (κ2) is 9.96. The van der Waals surface area contributed by atoms with Crippen LogP contribution in [0.25, 0.3) is 0 Å². The summed E-state index contributed by atoms with van der Waals surface area (Å²) in [6.07, 6.45) is 0.207. The van der Waals surface area contributed by atoms with Gasteiger partial charge < -0.3 is 9.64 Å². The fourth-order valence-corrected chi connectivity index (χ4v) is 4.29. The van der Waals surface area contributed by atoms with Crippen molar-refractivity contribution in [2.24, 2.45) is 0 Å². The van der Waals surface area contributed by atoms with E-state index in [0.29, 0.717) is 22.1 Å². The highest BCUT2D eigenvalue weighted by Gasteiger charge is 2.29. The van der Waals surface area contributed by atoms with E-state index in [9.17, 15) is 18.4 Å². The number of hydrogen-bond acceptors (Lipinski definition) is 6. The van der Waals surface area contributed by atoms with Crippen LogP contribution in [0, 0.1) is 11.8 Å². The number of ether oxygens (including phenoxy) is 1. The molecule has 0 radical (unpaired) electrons. The fraction of sp³-hybridized carbons (Fsp3) is 0.286. The molecule has 0 bridgehead atoms. The second-order valence-corrected chi connectivity index (χ2v) is 8.46. The second-order valence-electron chi connectivity index (χ2n) is 6.42. The third kappa shape index (κ3) is 5.73. The first kappa shape index (κ1) is 22.3. The zero-order valence-electron chi connectivity index (χ0n) is 16.6. The standard InChI is InChI=1S/C21H24N2O5S/c1-4-5-14-28-17-10-12-18(13-11-17)29(26,27)15-21(23(25)16-24)19-8-6-7-9-20(19)22(2)3/h6-13,16,21,25H,14-15H2,1-3H3. The van der Waals surface area contributed by atoms with E-state index >= 15 is 0 Å². The van der Waals surface area contributed by atoms with Crippen LogP contribution in [0.2, 0.25) is 0 Å². The van der Waals surface area contributed by atoms with Crippen LogP contribution in [0.4, 0.5) is 5.69 Å². The molecule has 0 aliphatic rings. The van der Waals surface area contributed by atoms with Crippen LogP contribution in [0.3, 0.4) is 0 Å². The molecule has 1 N–H and O–H groups in total. The Morgan fingerprint density at radius 3 is 2.38 bits per heavy atom. The lowest BCUT2D eigenvalue weighted by molar-refractivity contribution is -0.158. The molecule has 2 aromatic carbocycles. The molecule has 7 nitrogen and oxygen atoms in total. The van der Waals surface area contributed by atoms with Gasteiger partial charge >= 0.3 is 0 Å². The molecule has 2 aromatic rings. The summed E-state index contributed by atoms with van der Waals surface area (Å²) >= 11 is 0. The van der Waals surface area contributed by atoms with Gasteiger partial charge in [-0.3, -0.25) is 10.0 Å². The van der Waals surface area contributed by atoms with Crippen LogP contribution >= 0.6 is 0 Å². The molecule has 8 heteroatoms. The van der Waals surface area contributed by atoms with E-state index in [1.54, 1.807) is 62.3 Å². The SMILES string of the molecule is CC#CCOc1ccc(S(=O)(=O)CC(c2ccccc2N(C)C)N(O)C=O)cc1. The number of carbonyl (C=O) groups is 1. The van der Waals surface area contributed by atoms with Crippen molar-refractivity contribution in [1.82, 2.24) is 5.06 Å². The molecule has 1 unspecified atom stereocenters. The molecule has 0 spiro atoms. The van der Waals surface area contributed by atoms with Gasteiger partial charge in [-0.15, -0.1) is 5.92 Å². The van der Waals surface area contributed by atoms with Gasteiger partial charge in [0.2, 0.25) is 6.41 Å². The van der Waals surface area contributed by atoms with Crippen LogP contribution < -0.4 is 9.64 Å². The van der Waals surface area contributed by atoms with Gasteiger partial charge in [0.25, 0.3) is 0 Å². The van der Waals surface area contributed by atoms with E-state index in [0.717, 1.165) is 0 Å². The van der Waals surface area contributed by atoms with Gasteiger partial charge in [-0.25, -0.2) is 13.5 Å². The Balaban J connectivity index is 2.33. The lowest BCUT2D eigenvalue weighted by atomic mass is 10.1. The number of benzene rings is 2. The molecule has 1 atom stereocenters. The van der Waals surface area contributed by atoms with Gasteiger partial charge in [-0.2, -0.15) is 0 Å². The van der Waals surface area contributed by atoms with Crippen LogP contribution in [0.5, 0.6) is 5.75 Å². The van der Waals surface area contributed by atoms with Crippen molar-refractivity contribution >= 4 is 21.9 Å². The Kier molecular flexibility index (Phi) is 7.65. The Labute approximate surface area is 171 Å². The minimum atomic E-state index is -3.81. The Morgan fingerprint density at radius 1 is 1.14 bits per heavy atom. The summed E-state index contributed by atoms with van der Waals surface area (Å²) in [6.45, 7) is 1.92. The van der Waals surface area contributed by atoms with E-state index in [1.165, 1.54) is 12.1 Å². The number of nitrogens with zero attached hydrogens (tertiary/aromatic N) is 2. The number of carbonyl (C=O) groups excluding carboxylic acids is 1. The molecule has 29 heavy (non-hydrogen) atoms. The van der Waals surface area contributed by atoms with E-state index < -0.39 is 21.6 Å².